The molecule has 21 heavy (non-hydrogen) atoms. The fourth-order valence-electron chi connectivity index (χ4n) is 2.02. The quantitative estimate of drug-likeness (QED) is 0.595. The zero-order valence-electron chi connectivity index (χ0n) is 11.8. The van der Waals surface area contributed by atoms with Crippen LogP contribution in [-0.4, -0.2) is 6.54 Å². The number of nitrogens with one attached hydrogen (secondary N) is 1. The SMILES string of the molecule is CCNC(C)c1ccc(Oc2ccc(Br)cc2Br)cc1Cl. The van der Waals surface area contributed by atoms with E-state index >= 15 is 0 Å². The molecule has 2 nitrogen and oxygen atoms in total. The summed E-state index contributed by atoms with van der Waals surface area (Å²) < 4.78 is 7.75. The van der Waals surface area contributed by atoms with E-state index in [0.717, 1.165) is 32.6 Å². The molecule has 2 aromatic rings. The fourth-order valence-corrected chi connectivity index (χ4v) is 3.49. The molecular formula is C16H16Br2ClNO. The van der Waals surface area contributed by atoms with Crippen molar-refractivity contribution in [2.24, 2.45) is 0 Å². The molecule has 1 atom stereocenters. The van der Waals surface area contributed by atoms with Crippen LogP contribution >= 0.6 is 43.5 Å². The molecule has 5 heteroatoms. The van der Waals surface area contributed by atoms with Crippen molar-refractivity contribution in [3.05, 3.63) is 55.9 Å². The van der Waals surface area contributed by atoms with E-state index in [-0.39, 0.29) is 6.04 Å². The highest BCUT2D eigenvalue weighted by Crippen LogP contribution is 2.34. The van der Waals surface area contributed by atoms with Gasteiger partial charge in [0.2, 0.25) is 0 Å². The van der Waals surface area contributed by atoms with Gasteiger partial charge in [-0.2, -0.15) is 0 Å². The highest BCUT2D eigenvalue weighted by molar-refractivity contribution is 9.11. The maximum atomic E-state index is 6.35. The van der Waals surface area contributed by atoms with Crippen molar-refractivity contribution in [2.45, 2.75) is 19.9 Å². The summed E-state index contributed by atoms with van der Waals surface area (Å²) in [7, 11) is 0. The van der Waals surface area contributed by atoms with E-state index in [0.29, 0.717) is 5.02 Å². The van der Waals surface area contributed by atoms with Gasteiger partial charge < -0.3 is 10.1 Å². The maximum Gasteiger partial charge on any atom is 0.141 e. The molecule has 112 valence electrons. The van der Waals surface area contributed by atoms with E-state index in [1.807, 2.05) is 36.4 Å². The van der Waals surface area contributed by atoms with Gasteiger partial charge >= 0.3 is 0 Å². The first kappa shape index (κ1) is 16.8. The molecule has 0 aliphatic carbocycles. The summed E-state index contributed by atoms with van der Waals surface area (Å²) in [5.74, 6) is 1.47. The smallest absolute Gasteiger partial charge is 0.141 e. The molecule has 0 aliphatic rings. The van der Waals surface area contributed by atoms with E-state index in [4.69, 9.17) is 16.3 Å². The van der Waals surface area contributed by atoms with Gasteiger partial charge in [0.05, 0.1) is 4.47 Å². The van der Waals surface area contributed by atoms with Crippen LogP contribution in [0.4, 0.5) is 0 Å². The summed E-state index contributed by atoms with van der Waals surface area (Å²) in [6.45, 7) is 5.07. The predicted octanol–water partition coefficient (Wildman–Crippen LogP) is 6.33. The minimum absolute atomic E-state index is 0.218. The van der Waals surface area contributed by atoms with Gasteiger partial charge in [0.25, 0.3) is 0 Å². The summed E-state index contributed by atoms with van der Waals surface area (Å²) in [5.41, 5.74) is 1.07. The molecule has 0 saturated carbocycles. The van der Waals surface area contributed by atoms with E-state index in [1.54, 1.807) is 0 Å². The van der Waals surface area contributed by atoms with Crippen molar-refractivity contribution in [1.29, 1.82) is 0 Å². The van der Waals surface area contributed by atoms with Gasteiger partial charge in [-0.1, -0.05) is 40.5 Å². The van der Waals surface area contributed by atoms with Crippen LogP contribution in [0.3, 0.4) is 0 Å². The zero-order chi connectivity index (χ0) is 15.4. The molecular weight excluding hydrogens is 417 g/mol. The van der Waals surface area contributed by atoms with Crippen LogP contribution in [0.1, 0.15) is 25.5 Å². The van der Waals surface area contributed by atoms with E-state index in [9.17, 15) is 0 Å². The molecule has 2 aromatic carbocycles. The first-order valence-electron chi connectivity index (χ1n) is 6.67. The second-order valence-electron chi connectivity index (χ2n) is 4.64. The number of benzene rings is 2. The minimum Gasteiger partial charge on any atom is -0.456 e. The highest BCUT2D eigenvalue weighted by Gasteiger charge is 2.10. The molecule has 0 saturated heterocycles. The molecule has 0 heterocycles. The summed E-state index contributed by atoms with van der Waals surface area (Å²) >= 11 is 13.3. The zero-order valence-corrected chi connectivity index (χ0v) is 15.7. The predicted molar refractivity (Wildman–Crippen MR) is 95.5 cm³/mol. The Kier molecular flexibility index (Phi) is 6.11. The van der Waals surface area contributed by atoms with Crippen molar-refractivity contribution in [1.82, 2.24) is 5.32 Å². The average molecular weight is 434 g/mol. The Balaban J connectivity index is 2.20. The monoisotopic (exact) mass is 431 g/mol. The molecule has 0 aromatic heterocycles. The number of ether oxygens (including phenoxy) is 1. The average Bonchev–Trinajstić information content (AvgIpc) is 2.42. The van der Waals surface area contributed by atoms with Crippen LogP contribution in [0.5, 0.6) is 11.5 Å². The van der Waals surface area contributed by atoms with E-state index in [1.165, 1.54) is 0 Å². The molecule has 1 N–H and O–H groups in total. The number of halogens is 3. The van der Waals surface area contributed by atoms with E-state index in [2.05, 4.69) is 51.0 Å². The van der Waals surface area contributed by atoms with Crippen LogP contribution in [0.15, 0.2) is 45.3 Å². The summed E-state index contributed by atoms with van der Waals surface area (Å²) in [6, 6.07) is 11.8. The lowest BCUT2D eigenvalue weighted by molar-refractivity contribution is 0.479. The van der Waals surface area contributed by atoms with Gasteiger partial charge in [-0.05, 0) is 65.3 Å². The lowest BCUT2D eigenvalue weighted by atomic mass is 10.1. The Morgan fingerprint density at radius 1 is 1.19 bits per heavy atom. The van der Waals surface area contributed by atoms with Crippen LogP contribution < -0.4 is 10.1 Å². The number of hydrogen-bond acceptors (Lipinski definition) is 2. The Bertz CT molecular complexity index is 634. The molecule has 1 unspecified atom stereocenters. The van der Waals surface area contributed by atoms with Crippen molar-refractivity contribution < 1.29 is 4.74 Å². The standard InChI is InChI=1S/C16H16Br2ClNO/c1-3-20-10(2)13-6-5-12(9-15(13)19)21-16-7-4-11(17)8-14(16)18/h4-10,20H,3H2,1-2H3. The van der Waals surface area contributed by atoms with Crippen molar-refractivity contribution >= 4 is 43.5 Å². The minimum atomic E-state index is 0.218. The molecule has 0 radical (unpaired) electrons. The second-order valence-corrected chi connectivity index (χ2v) is 6.82. The van der Waals surface area contributed by atoms with Gasteiger partial charge in [-0.15, -0.1) is 0 Å². The molecule has 0 bridgehead atoms. The normalized spacial score (nSPS) is 12.2. The Morgan fingerprint density at radius 2 is 1.95 bits per heavy atom. The Morgan fingerprint density at radius 3 is 2.57 bits per heavy atom. The molecule has 2 rings (SSSR count). The van der Waals surface area contributed by atoms with Crippen molar-refractivity contribution in [3.8, 4) is 11.5 Å². The van der Waals surface area contributed by atoms with Crippen LogP contribution in [-0.2, 0) is 0 Å². The Hall–Kier alpha value is -0.550. The first-order valence-corrected chi connectivity index (χ1v) is 8.63. The summed E-state index contributed by atoms with van der Waals surface area (Å²) in [6.07, 6.45) is 0. The second kappa shape index (κ2) is 7.63. The Labute approximate surface area is 147 Å². The topological polar surface area (TPSA) is 21.3 Å². The maximum absolute atomic E-state index is 6.35. The summed E-state index contributed by atoms with van der Waals surface area (Å²) in [4.78, 5) is 0. The summed E-state index contributed by atoms with van der Waals surface area (Å²) in [5, 5.41) is 4.05. The largest absolute Gasteiger partial charge is 0.456 e. The van der Waals surface area contributed by atoms with Gasteiger partial charge in [0, 0.05) is 15.5 Å². The third-order valence-electron chi connectivity index (χ3n) is 3.07. The van der Waals surface area contributed by atoms with Crippen LogP contribution in [0, 0.1) is 0 Å². The van der Waals surface area contributed by atoms with Gasteiger partial charge in [0.1, 0.15) is 11.5 Å². The van der Waals surface area contributed by atoms with E-state index < -0.39 is 0 Å². The highest BCUT2D eigenvalue weighted by atomic mass is 79.9. The van der Waals surface area contributed by atoms with Crippen LogP contribution in [0.25, 0.3) is 0 Å². The molecule has 0 spiro atoms. The molecule has 0 aliphatic heterocycles. The first-order chi connectivity index (χ1) is 10.0. The number of hydrogen-bond donors (Lipinski definition) is 1. The molecule has 0 amide bonds. The fraction of sp³-hybridized carbons (Fsp3) is 0.250. The van der Waals surface area contributed by atoms with Crippen LogP contribution in [0.2, 0.25) is 5.02 Å². The van der Waals surface area contributed by atoms with Crippen molar-refractivity contribution in [3.63, 3.8) is 0 Å². The molecule has 0 fully saturated rings. The van der Waals surface area contributed by atoms with Gasteiger partial charge in [0.15, 0.2) is 0 Å². The van der Waals surface area contributed by atoms with Gasteiger partial charge in [-0.25, -0.2) is 0 Å². The lowest BCUT2D eigenvalue weighted by Gasteiger charge is -2.15. The van der Waals surface area contributed by atoms with Gasteiger partial charge in [-0.3, -0.25) is 0 Å². The van der Waals surface area contributed by atoms with Crippen molar-refractivity contribution in [2.75, 3.05) is 6.54 Å². The third kappa shape index (κ3) is 4.46. The number of rotatable bonds is 5. The lowest BCUT2D eigenvalue weighted by Crippen LogP contribution is -2.17. The third-order valence-corrected chi connectivity index (χ3v) is 4.51.